The highest BCUT2D eigenvalue weighted by Gasteiger charge is 1.96. The summed E-state index contributed by atoms with van der Waals surface area (Å²) >= 11 is 0. The number of aromatic nitrogens is 2. The number of nitrogens with one attached hydrogen (secondary N) is 1. The van der Waals surface area contributed by atoms with Crippen molar-refractivity contribution in [3.05, 3.63) is 23.8 Å². The van der Waals surface area contributed by atoms with Crippen molar-refractivity contribution in [2.24, 2.45) is 5.92 Å². The molecule has 0 aromatic carbocycles. The molecule has 3 heteroatoms. The minimum absolute atomic E-state index is 0.683. The summed E-state index contributed by atoms with van der Waals surface area (Å²) in [4.78, 5) is 8.34. The molecule has 1 heterocycles. The van der Waals surface area contributed by atoms with Crippen molar-refractivity contribution < 1.29 is 0 Å². The standard InChI is InChI=1S/C10H17N3/c1-8(2)6-11-7-10-4-5-12-9(3)13-10/h4-5,8,11H,6-7H2,1-3H3. The quantitative estimate of drug-likeness (QED) is 0.761. The predicted molar refractivity (Wildman–Crippen MR) is 53.3 cm³/mol. The number of nitrogens with zero attached hydrogens (tertiary/aromatic N) is 2. The van der Waals surface area contributed by atoms with Gasteiger partial charge in [0, 0.05) is 12.7 Å². The van der Waals surface area contributed by atoms with Gasteiger partial charge in [0.05, 0.1) is 5.69 Å². The molecule has 3 nitrogen and oxygen atoms in total. The average Bonchev–Trinajstić information content (AvgIpc) is 2.03. The van der Waals surface area contributed by atoms with Crippen LogP contribution in [0.1, 0.15) is 25.4 Å². The van der Waals surface area contributed by atoms with Crippen LogP contribution in [0.5, 0.6) is 0 Å². The molecule has 72 valence electrons. The lowest BCUT2D eigenvalue weighted by Crippen LogP contribution is -2.19. The van der Waals surface area contributed by atoms with Gasteiger partial charge in [0.25, 0.3) is 0 Å². The van der Waals surface area contributed by atoms with Crippen LogP contribution in [0.25, 0.3) is 0 Å². The Labute approximate surface area is 79.6 Å². The molecule has 0 spiro atoms. The molecule has 1 N–H and O–H groups in total. The minimum Gasteiger partial charge on any atom is -0.311 e. The number of aryl methyl sites for hydroxylation is 1. The molecule has 0 saturated carbocycles. The molecule has 0 aliphatic rings. The summed E-state index contributed by atoms with van der Waals surface area (Å²) in [6.45, 7) is 8.16. The third kappa shape index (κ3) is 3.99. The van der Waals surface area contributed by atoms with Crippen molar-refractivity contribution in [2.75, 3.05) is 6.54 Å². The molecule has 13 heavy (non-hydrogen) atoms. The van der Waals surface area contributed by atoms with Gasteiger partial charge in [-0.25, -0.2) is 9.97 Å². The summed E-state index contributed by atoms with van der Waals surface area (Å²) in [7, 11) is 0. The van der Waals surface area contributed by atoms with Crippen LogP contribution in [0, 0.1) is 12.8 Å². The lowest BCUT2D eigenvalue weighted by atomic mass is 10.2. The van der Waals surface area contributed by atoms with Crippen molar-refractivity contribution in [3.63, 3.8) is 0 Å². The second kappa shape index (κ2) is 4.92. The van der Waals surface area contributed by atoms with Gasteiger partial charge < -0.3 is 5.32 Å². The van der Waals surface area contributed by atoms with E-state index >= 15 is 0 Å². The van der Waals surface area contributed by atoms with Gasteiger partial charge in [-0.15, -0.1) is 0 Å². The van der Waals surface area contributed by atoms with E-state index in [1.165, 1.54) is 0 Å². The summed E-state index contributed by atoms with van der Waals surface area (Å²) in [6.07, 6.45) is 1.80. The molecule has 1 rings (SSSR count). The lowest BCUT2D eigenvalue weighted by Gasteiger charge is -2.06. The van der Waals surface area contributed by atoms with Gasteiger partial charge in [0.2, 0.25) is 0 Å². The lowest BCUT2D eigenvalue weighted by molar-refractivity contribution is 0.547. The molecule has 0 amide bonds. The summed E-state index contributed by atoms with van der Waals surface area (Å²) in [6, 6.07) is 1.94. The number of hydrogen-bond donors (Lipinski definition) is 1. The molecule has 0 atom stereocenters. The van der Waals surface area contributed by atoms with E-state index in [-0.39, 0.29) is 0 Å². The van der Waals surface area contributed by atoms with E-state index in [4.69, 9.17) is 0 Å². The SMILES string of the molecule is Cc1nccc(CNCC(C)C)n1. The third-order valence-corrected chi connectivity index (χ3v) is 1.69. The van der Waals surface area contributed by atoms with Crippen LogP contribution in [0.15, 0.2) is 12.3 Å². The Morgan fingerprint density at radius 2 is 2.23 bits per heavy atom. The molecule has 0 radical (unpaired) electrons. The van der Waals surface area contributed by atoms with E-state index in [9.17, 15) is 0 Å². The summed E-state index contributed by atoms with van der Waals surface area (Å²) in [5.74, 6) is 1.52. The second-order valence-corrected chi connectivity index (χ2v) is 3.62. The zero-order valence-electron chi connectivity index (χ0n) is 8.54. The Kier molecular flexibility index (Phi) is 3.83. The van der Waals surface area contributed by atoms with E-state index < -0.39 is 0 Å². The van der Waals surface area contributed by atoms with Gasteiger partial charge >= 0.3 is 0 Å². The Bertz CT molecular complexity index is 258. The fraction of sp³-hybridized carbons (Fsp3) is 0.600. The van der Waals surface area contributed by atoms with E-state index in [1.807, 2.05) is 13.0 Å². The highest BCUT2D eigenvalue weighted by atomic mass is 14.9. The van der Waals surface area contributed by atoms with Crippen molar-refractivity contribution in [3.8, 4) is 0 Å². The van der Waals surface area contributed by atoms with Gasteiger partial charge in [-0.05, 0) is 25.5 Å². The van der Waals surface area contributed by atoms with Crippen LogP contribution in [0.4, 0.5) is 0 Å². The van der Waals surface area contributed by atoms with Crippen LogP contribution in [-0.2, 0) is 6.54 Å². The van der Waals surface area contributed by atoms with E-state index in [2.05, 4.69) is 29.1 Å². The van der Waals surface area contributed by atoms with Crippen LogP contribution >= 0.6 is 0 Å². The van der Waals surface area contributed by atoms with Crippen molar-refractivity contribution in [1.82, 2.24) is 15.3 Å². The van der Waals surface area contributed by atoms with Crippen molar-refractivity contribution >= 4 is 0 Å². The van der Waals surface area contributed by atoms with E-state index in [0.717, 1.165) is 24.6 Å². The number of rotatable bonds is 4. The van der Waals surface area contributed by atoms with Gasteiger partial charge in [-0.3, -0.25) is 0 Å². The fourth-order valence-electron chi connectivity index (χ4n) is 1.09. The molecular weight excluding hydrogens is 162 g/mol. The highest BCUT2D eigenvalue weighted by molar-refractivity contribution is 5.00. The molecule has 0 unspecified atom stereocenters. The summed E-state index contributed by atoms with van der Waals surface area (Å²) in [5, 5.41) is 3.34. The molecule has 1 aromatic heterocycles. The predicted octanol–water partition coefficient (Wildman–Crippen LogP) is 1.53. The first kappa shape index (κ1) is 10.1. The maximum absolute atomic E-state index is 4.30. The first-order valence-corrected chi connectivity index (χ1v) is 4.67. The van der Waals surface area contributed by atoms with Crippen molar-refractivity contribution in [1.29, 1.82) is 0 Å². The van der Waals surface area contributed by atoms with Crippen molar-refractivity contribution in [2.45, 2.75) is 27.3 Å². The smallest absolute Gasteiger partial charge is 0.125 e. The zero-order chi connectivity index (χ0) is 9.68. The minimum atomic E-state index is 0.683. The van der Waals surface area contributed by atoms with Gasteiger partial charge in [0.15, 0.2) is 0 Å². The monoisotopic (exact) mass is 179 g/mol. The Morgan fingerprint density at radius 1 is 1.46 bits per heavy atom. The van der Waals surface area contributed by atoms with Crippen LogP contribution in [-0.4, -0.2) is 16.5 Å². The molecular formula is C10H17N3. The molecule has 0 aliphatic heterocycles. The Balaban J connectivity index is 2.37. The normalized spacial score (nSPS) is 10.8. The fourth-order valence-corrected chi connectivity index (χ4v) is 1.09. The van der Waals surface area contributed by atoms with Crippen LogP contribution in [0.3, 0.4) is 0 Å². The average molecular weight is 179 g/mol. The third-order valence-electron chi connectivity index (χ3n) is 1.69. The Hall–Kier alpha value is -0.960. The summed E-state index contributed by atoms with van der Waals surface area (Å²) in [5.41, 5.74) is 1.06. The van der Waals surface area contributed by atoms with Gasteiger partial charge in [-0.2, -0.15) is 0 Å². The van der Waals surface area contributed by atoms with Crippen LogP contribution in [0.2, 0.25) is 0 Å². The topological polar surface area (TPSA) is 37.8 Å². The van der Waals surface area contributed by atoms with Gasteiger partial charge in [-0.1, -0.05) is 13.8 Å². The number of hydrogen-bond acceptors (Lipinski definition) is 3. The van der Waals surface area contributed by atoms with Crippen LogP contribution < -0.4 is 5.32 Å². The highest BCUT2D eigenvalue weighted by Crippen LogP contribution is 1.95. The molecule has 0 aliphatic carbocycles. The first-order chi connectivity index (χ1) is 6.18. The second-order valence-electron chi connectivity index (χ2n) is 3.62. The Morgan fingerprint density at radius 3 is 2.85 bits per heavy atom. The first-order valence-electron chi connectivity index (χ1n) is 4.67. The molecule has 1 aromatic rings. The molecule has 0 bridgehead atoms. The van der Waals surface area contributed by atoms with Gasteiger partial charge in [0.1, 0.15) is 5.82 Å². The maximum atomic E-state index is 4.30. The molecule has 0 fully saturated rings. The van der Waals surface area contributed by atoms with E-state index in [1.54, 1.807) is 6.20 Å². The largest absolute Gasteiger partial charge is 0.311 e. The zero-order valence-corrected chi connectivity index (χ0v) is 8.54. The maximum Gasteiger partial charge on any atom is 0.125 e. The van der Waals surface area contributed by atoms with E-state index in [0.29, 0.717) is 5.92 Å². The summed E-state index contributed by atoms with van der Waals surface area (Å²) < 4.78 is 0. The molecule has 0 saturated heterocycles.